The summed E-state index contributed by atoms with van der Waals surface area (Å²) < 4.78 is 0. The highest BCUT2D eigenvalue weighted by Gasteiger charge is 2.23. The third-order valence-corrected chi connectivity index (χ3v) is 4.54. The zero-order valence-corrected chi connectivity index (χ0v) is 14.6. The number of para-hydroxylation sites is 2. The van der Waals surface area contributed by atoms with Gasteiger partial charge in [-0.3, -0.25) is 4.79 Å². The van der Waals surface area contributed by atoms with Gasteiger partial charge in [-0.05, 0) is 25.0 Å². The van der Waals surface area contributed by atoms with Crippen LogP contribution < -0.4 is 15.1 Å². The number of hydrogen-bond acceptors (Lipinski definition) is 5. The third kappa shape index (κ3) is 3.27. The van der Waals surface area contributed by atoms with Gasteiger partial charge in [-0.1, -0.05) is 19.1 Å². The Hall–Kier alpha value is -2.37. The molecule has 128 valence electrons. The van der Waals surface area contributed by atoms with Gasteiger partial charge in [-0.25, -0.2) is 9.97 Å². The fourth-order valence-electron chi connectivity index (χ4n) is 3.21. The van der Waals surface area contributed by atoms with E-state index in [9.17, 15) is 4.79 Å². The number of hydrogen-bond donors (Lipinski definition) is 1. The van der Waals surface area contributed by atoms with Gasteiger partial charge in [0.1, 0.15) is 0 Å². The van der Waals surface area contributed by atoms with E-state index >= 15 is 0 Å². The van der Waals surface area contributed by atoms with Crippen molar-refractivity contribution in [2.75, 3.05) is 43.5 Å². The summed E-state index contributed by atoms with van der Waals surface area (Å²) in [6.45, 7) is 4.56. The Morgan fingerprint density at radius 2 is 1.88 bits per heavy atom. The van der Waals surface area contributed by atoms with E-state index < -0.39 is 0 Å². The van der Waals surface area contributed by atoms with Gasteiger partial charge in [0, 0.05) is 33.7 Å². The van der Waals surface area contributed by atoms with Crippen LogP contribution in [0.15, 0.2) is 24.3 Å². The molecule has 1 aromatic heterocycles. The van der Waals surface area contributed by atoms with Gasteiger partial charge in [0.2, 0.25) is 5.91 Å². The van der Waals surface area contributed by atoms with Crippen molar-refractivity contribution in [2.45, 2.75) is 19.8 Å². The first-order chi connectivity index (χ1) is 11.6. The molecule has 0 radical (unpaired) electrons. The van der Waals surface area contributed by atoms with Crippen molar-refractivity contribution < 1.29 is 4.79 Å². The normalized spacial score (nSPS) is 15.5. The molecular weight excluding hydrogens is 302 g/mol. The Morgan fingerprint density at radius 3 is 2.50 bits per heavy atom. The van der Waals surface area contributed by atoms with Crippen molar-refractivity contribution >= 4 is 28.6 Å². The fraction of sp³-hybridized carbons (Fsp3) is 0.500. The first-order valence-corrected chi connectivity index (χ1v) is 8.54. The Labute approximate surface area is 142 Å². The predicted octanol–water partition coefficient (Wildman–Crippen LogP) is 2.05. The summed E-state index contributed by atoms with van der Waals surface area (Å²) >= 11 is 0. The lowest BCUT2D eigenvalue weighted by Crippen LogP contribution is -2.35. The van der Waals surface area contributed by atoms with Crippen molar-refractivity contribution in [2.24, 2.45) is 5.92 Å². The second-order valence-corrected chi connectivity index (χ2v) is 6.45. The summed E-state index contributed by atoms with van der Waals surface area (Å²) in [7, 11) is 3.65. The number of amides is 1. The number of nitrogens with zero attached hydrogens (tertiary/aromatic N) is 4. The van der Waals surface area contributed by atoms with Gasteiger partial charge in [0.25, 0.3) is 0 Å². The average molecular weight is 327 g/mol. The van der Waals surface area contributed by atoms with E-state index in [0.717, 1.165) is 35.8 Å². The standard InChI is InChI=1S/C18H25N5O/c1-13(18(24)19-2)12-22(3)16-17(23-10-6-7-11-23)21-15-9-5-4-8-14(15)20-16/h4-5,8-9,13H,6-7,10-12H2,1-3H3,(H,19,24). The lowest BCUT2D eigenvalue weighted by atomic mass is 10.1. The van der Waals surface area contributed by atoms with Crippen molar-refractivity contribution in [3.8, 4) is 0 Å². The number of rotatable bonds is 5. The zero-order chi connectivity index (χ0) is 17.1. The monoisotopic (exact) mass is 327 g/mol. The van der Waals surface area contributed by atoms with E-state index in [4.69, 9.17) is 9.97 Å². The lowest BCUT2D eigenvalue weighted by molar-refractivity contribution is -0.123. The van der Waals surface area contributed by atoms with Crippen LogP contribution >= 0.6 is 0 Å². The highest BCUT2D eigenvalue weighted by Crippen LogP contribution is 2.30. The van der Waals surface area contributed by atoms with Crippen LogP contribution in [0.25, 0.3) is 11.0 Å². The van der Waals surface area contributed by atoms with Gasteiger partial charge in [-0.15, -0.1) is 0 Å². The van der Waals surface area contributed by atoms with Gasteiger partial charge in [0.15, 0.2) is 11.6 Å². The number of anilines is 2. The van der Waals surface area contributed by atoms with Crippen LogP contribution in [0.1, 0.15) is 19.8 Å². The Bertz CT molecular complexity index is 726. The summed E-state index contributed by atoms with van der Waals surface area (Å²) in [6, 6.07) is 7.94. The second-order valence-electron chi connectivity index (χ2n) is 6.45. The van der Waals surface area contributed by atoms with Gasteiger partial charge < -0.3 is 15.1 Å². The lowest BCUT2D eigenvalue weighted by Gasteiger charge is -2.27. The molecule has 1 N–H and O–H groups in total. The maximum absolute atomic E-state index is 11.8. The van der Waals surface area contributed by atoms with E-state index in [-0.39, 0.29) is 11.8 Å². The summed E-state index contributed by atoms with van der Waals surface area (Å²) in [5, 5.41) is 2.71. The minimum Gasteiger partial charge on any atom is -0.359 e. The molecule has 6 heteroatoms. The number of nitrogens with one attached hydrogen (secondary N) is 1. The van der Waals surface area contributed by atoms with Crippen molar-refractivity contribution in [1.29, 1.82) is 0 Å². The van der Waals surface area contributed by atoms with E-state index in [2.05, 4.69) is 10.2 Å². The molecule has 1 atom stereocenters. The Kier molecular flexibility index (Phi) is 4.83. The zero-order valence-electron chi connectivity index (χ0n) is 14.6. The molecule has 0 saturated carbocycles. The molecule has 24 heavy (non-hydrogen) atoms. The molecule has 1 aliphatic heterocycles. The number of fused-ring (bicyclic) bond motifs is 1. The van der Waals surface area contributed by atoms with Gasteiger partial charge in [-0.2, -0.15) is 0 Å². The van der Waals surface area contributed by atoms with E-state index in [1.807, 2.05) is 43.1 Å². The minimum absolute atomic E-state index is 0.0401. The maximum Gasteiger partial charge on any atom is 0.224 e. The Balaban J connectivity index is 1.97. The van der Waals surface area contributed by atoms with E-state index in [0.29, 0.717) is 6.54 Å². The molecular formula is C18H25N5O. The quantitative estimate of drug-likeness (QED) is 0.911. The van der Waals surface area contributed by atoms with Crippen molar-refractivity contribution in [3.63, 3.8) is 0 Å². The molecule has 6 nitrogen and oxygen atoms in total. The largest absolute Gasteiger partial charge is 0.359 e. The minimum atomic E-state index is -0.111. The topological polar surface area (TPSA) is 61.4 Å². The van der Waals surface area contributed by atoms with E-state index in [1.165, 1.54) is 12.8 Å². The highest BCUT2D eigenvalue weighted by atomic mass is 16.1. The van der Waals surface area contributed by atoms with Crippen molar-refractivity contribution in [3.05, 3.63) is 24.3 Å². The predicted molar refractivity (Wildman–Crippen MR) is 97.5 cm³/mol. The summed E-state index contributed by atoms with van der Waals surface area (Å²) in [4.78, 5) is 25.9. The fourth-order valence-corrected chi connectivity index (χ4v) is 3.21. The van der Waals surface area contributed by atoms with Gasteiger partial charge in [0.05, 0.1) is 17.0 Å². The molecule has 0 aliphatic carbocycles. The number of benzene rings is 1. The molecule has 1 aliphatic rings. The number of aromatic nitrogens is 2. The maximum atomic E-state index is 11.8. The van der Waals surface area contributed by atoms with Crippen LogP contribution in [0, 0.1) is 5.92 Å². The van der Waals surface area contributed by atoms with E-state index in [1.54, 1.807) is 7.05 Å². The van der Waals surface area contributed by atoms with Crippen LogP contribution in [0.5, 0.6) is 0 Å². The van der Waals surface area contributed by atoms with Crippen molar-refractivity contribution in [1.82, 2.24) is 15.3 Å². The van der Waals surface area contributed by atoms with Crippen LogP contribution in [0.3, 0.4) is 0 Å². The second kappa shape index (κ2) is 7.03. The molecule has 0 spiro atoms. The molecule has 1 amide bonds. The Morgan fingerprint density at radius 1 is 1.25 bits per heavy atom. The molecule has 2 heterocycles. The average Bonchev–Trinajstić information content (AvgIpc) is 3.14. The molecule has 1 aromatic carbocycles. The molecule has 0 bridgehead atoms. The first kappa shape index (κ1) is 16.5. The molecule has 2 aromatic rings. The summed E-state index contributed by atoms with van der Waals surface area (Å²) in [6.07, 6.45) is 2.37. The van der Waals surface area contributed by atoms with Crippen LogP contribution in [-0.4, -0.2) is 49.6 Å². The molecule has 1 unspecified atom stereocenters. The summed E-state index contributed by atoms with van der Waals surface area (Å²) in [5.74, 6) is 1.71. The SMILES string of the molecule is CNC(=O)C(C)CN(C)c1nc2ccccc2nc1N1CCCC1. The smallest absolute Gasteiger partial charge is 0.224 e. The summed E-state index contributed by atoms with van der Waals surface area (Å²) in [5.41, 5.74) is 1.80. The molecule has 1 saturated heterocycles. The molecule has 1 fully saturated rings. The van der Waals surface area contributed by atoms with Gasteiger partial charge >= 0.3 is 0 Å². The van der Waals surface area contributed by atoms with Crippen LogP contribution in [0.4, 0.5) is 11.6 Å². The highest BCUT2D eigenvalue weighted by molar-refractivity contribution is 5.82. The first-order valence-electron chi connectivity index (χ1n) is 8.54. The van der Waals surface area contributed by atoms with Crippen LogP contribution in [0.2, 0.25) is 0 Å². The number of carbonyl (C=O) groups excluding carboxylic acids is 1. The number of carbonyl (C=O) groups is 1. The van der Waals surface area contributed by atoms with Crippen LogP contribution in [-0.2, 0) is 4.79 Å². The third-order valence-electron chi connectivity index (χ3n) is 4.54. The molecule has 3 rings (SSSR count).